The maximum atomic E-state index is 15.1. The number of ether oxygens (including phenoxy) is 2. The molecular formula is C26H28FN5O4. The van der Waals surface area contributed by atoms with E-state index in [1.54, 1.807) is 23.2 Å². The van der Waals surface area contributed by atoms with Crippen molar-refractivity contribution < 1.29 is 23.5 Å². The predicted octanol–water partition coefficient (Wildman–Crippen LogP) is 2.68. The quantitative estimate of drug-likeness (QED) is 0.516. The van der Waals surface area contributed by atoms with Crippen LogP contribution < -0.4 is 15.2 Å². The molecule has 2 amide bonds. The van der Waals surface area contributed by atoms with E-state index in [0.29, 0.717) is 18.2 Å². The average Bonchev–Trinajstić information content (AvgIpc) is 3.58. The lowest BCUT2D eigenvalue weighted by Gasteiger charge is -2.34. The van der Waals surface area contributed by atoms with Gasteiger partial charge in [0.05, 0.1) is 37.3 Å². The first-order valence-corrected chi connectivity index (χ1v) is 12.0. The summed E-state index contributed by atoms with van der Waals surface area (Å²) in [4.78, 5) is 34.7. The van der Waals surface area contributed by atoms with Gasteiger partial charge in [0, 0.05) is 31.8 Å². The van der Waals surface area contributed by atoms with Crippen molar-refractivity contribution in [2.24, 2.45) is 12.8 Å². The molecule has 0 bridgehead atoms. The van der Waals surface area contributed by atoms with E-state index in [2.05, 4.69) is 9.97 Å². The fourth-order valence-corrected chi connectivity index (χ4v) is 4.23. The molecule has 2 atom stereocenters. The summed E-state index contributed by atoms with van der Waals surface area (Å²) < 4.78 is 28.4. The second-order valence-corrected chi connectivity index (χ2v) is 9.27. The lowest BCUT2D eigenvalue weighted by Crippen LogP contribution is -2.49. The van der Waals surface area contributed by atoms with Crippen LogP contribution >= 0.6 is 0 Å². The van der Waals surface area contributed by atoms with Gasteiger partial charge in [-0.15, -0.1) is 0 Å². The molecule has 1 saturated heterocycles. The number of nitrogens with two attached hydrogens (primary N) is 1. The molecule has 0 radical (unpaired) electrons. The number of piperidine rings is 1. The van der Waals surface area contributed by atoms with Gasteiger partial charge in [0.15, 0.2) is 6.17 Å². The van der Waals surface area contributed by atoms with Gasteiger partial charge in [-0.2, -0.15) is 0 Å². The lowest BCUT2D eigenvalue weighted by molar-refractivity contribution is -0.134. The van der Waals surface area contributed by atoms with Gasteiger partial charge in [-0.1, -0.05) is 12.1 Å². The summed E-state index contributed by atoms with van der Waals surface area (Å²) in [5, 5.41) is 0. The van der Waals surface area contributed by atoms with E-state index in [-0.39, 0.29) is 36.7 Å². The molecule has 36 heavy (non-hydrogen) atoms. The van der Waals surface area contributed by atoms with Gasteiger partial charge in [-0.25, -0.2) is 14.4 Å². The van der Waals surface area contributed by atoms with E-state index < -0.39 is 18.2 Å². The van der Waals surface area contributed by atoms with Crippen LogP contribution in [-0.2, 0) is 18.3 Å². The highest BCUT2D eigenvalue weighted by molar-refractivity contribution is 5.96. The summed E-state index contributed by atoms with van der Waals surface area (Å²) in [7, 11) is 1.82. The smallest absolute Gasteiger partial charge is 0.254 e. The lowest BCUT2D eigenvalue weighted by atomic mass is 10.0. The van der Waals surface area contributed by atoms with Crippen molar-refractivity contribution in [3.63, 3.8) is 0 Å². The molecule has 2 N–H and O–H groups in total. The maximum Gasteiger partial charge on any atom is 0.254 e. The van der Waals surface area contributed by atoms with Gasteiger partial charge in [0.25, 0.3) is 5.91 Å². The highest BCUT2D eigenvalue weighted by Gasteiger charge is 2.34. The van der Waals surface area contributed by atoms with Crippen LogP contribution in [0.2, 0.25) is 0 Å². The number of nitrogens with zero attached hydrogens (tertiary/aromatic N) is 4. The van der Waals surface area contributed by atoms with Crippen molar-refractivity contribution >= 4 is 11.8 Å². The molecule has 1 saturated carbocycles. The Hall–Kier alpha value is -3.95. The van der Waals surface area contributed by atoms with Gasteiger partial charge < -0.3 is 24.7 Å². The van der Waals surface area contributed by atoms with Crippen LogP contribution in [-0.4, -0.2) is 62.7 Å². The van der Waals surface area contributed by atoms with Crippen molar-refractivity contribution in [2.45, 2.75) is 44.1 Å². The Bertz CT molecular complexity index is 1260. The van der Waals surface area contributed by atoms with E-state index in [4.69, 9.17) is 15.2 Å². The van der Waals surface area contributed by atoms with Gasteiger partial charge >= 0.3 is 0 Å². The number of primary amides is 1. The monoisotopic (exact) mass is 493 g/mol. The largest absolute Gasteiger partial charge is 0.490 e. The Morgan fingerprint density at radius 1 is 1.14 bits per heavy atom. The molecule has 3 aromatic rings. The molecule has 0 spiro atoms. The number of imidazole rings is 1. The number of benzene rings is 1. The summed E-state index contributed by atoms with van der Waals surface area (Å²) in [6, 6.07) is 9.02. The van der Waals surface area contributed by atoms with Crippen LogP contribution in [0, 0.1) is 0 Å². The van der Waals surface area contributed by atoms with Gasteiger partial charge in [-0.3, -0.25) is 9.59 Å². The van der Waals surface area contributed by atoms with E-state index in [9.17, 15) is 9.59 Å². The van der Waals surface area contributed by atoms with Crippen LogP contribution in [0.4, 0.5) is 4.39 Å². The summed E-state index contributed by atoms with van der Waals surface area (Å²) in [5.41, 5.74) is 7.85. The van der Waals surface area contributed by atoms with Crippen molar-refractivity contribution in [2.75, 3.05) is 13.1 Å². The minimum Gasteiger partial charge on any atom is -0.490 e. The van der Waals surface area contributed by atoms with Crippen LogP contribution in [0.25, 0.3) is 11.3 Å². The van der Waals surface area contributed by atoms with E-state index in [1.165, 1.54) is 11.1 Å². The number of halogens is 1. The number of rotatable bonds is 8. The zero-order valence-electron chi connectivity index (χ0n) is 20.0. The highest BCUT2D eigenvalue weighted by atomic mass is 19.1. The minimum atomic E-state index is -1.43. The zero-order chi connectivity index (χ0) is 25.2. The van der Waals surface area contributed by atoms with Crippen molar-refractivity contribution in [3.8, 4) is 22.9 Å². The van der Waals surface area contributed by atoms with Gasteiger partial charge in [0.2, 0.25) is 11.8 Å². The summed E-state index contributed by atoms with van der Waals surface area (Å²) >= 11 is 0. The number of pyridine rings is 1. The molecule has 10 heteroatoms. The second-order valence-electron chi connectivity index (χ2n) is 9.27. The Labute approximate surface area is 208 Å². The fourth-order valence-electron chi connectivity index (χ4n) is 4.23. The third-order valence-electron chi connectivity index (χ3n) is 6.43. The van der Waals surface area contributed by atoms with E-state index in [0.717, 1.165) is 29.8 Å². The molecule has 3 heterocycles. The van der Waals surface area contributed by atoms with Gasteiger partial charge in [0.1, 0.15) is 17.4 Å². The number of aromatic nitrogens is 3. The first-order valence-electron chi connectivity index (χ1n) is 12.0. The predicted molar refractivity (Wildman–Crippen MR) is 129 cm³/mol. The fraction of sp³-hybridized carbons (Fsp3) is 0.385. The molecular weight excluding hydrogens is 465 g/mol. The van der Waals surface area contributed by atoms with Crippen molar-refractivity contribution in [1.29, 1.82) is 0 Å². The Kier molecular flexibility index (Phi) is 6.58. The number of likely N-dealkylation sites (tertiary alicyclic amines) is 1. The van der Waals surface area contributed by atoms with Gasteiger partial charge in [-0.05, 0) is 36.6 Å². The number of aryl methyl sites for hydroxylation is 1. The van der Waals surface area contributed by atoms with E-state index in [1.807, 2.05) is 31.3 Å². The first kappa shape index (κ1) is 23.8. The molecule has 9 nitrogen and oxygen atoms in total. The number of hydrogen-bond donors (Lipinski definition) is 1. The van der Waals surface area contributed by atoms with Crippen LogP contribution in [0.5, 0.6) is 11.6 Å². The minimum absolute atomic E-state index is 0.0191. The SMILES string of the molecule is Cn1cncc1-c1cnc(O[C@@H]2CCN(C(=O)Cc3ccc(OC4CC4)cc3)C[C@@H]2F)c(C(N)=O)c1. The van der Waals surface area contributed by atoms with Crippen molar-refractivity contribution in [1.82, 2.24) is 19.4 Å². The molecule has 188 valence electrons. The van der Waals surface area contributed by atoms with Crippen LogP contribution in [0.3, 0.4) is 0 Å². The molecule has 2 aliphatic rings. The number of amides is 2. The zero-order valence-corrected chi connectivity index (χ0v) is 20.0. The third kappa shape index (κ3) is 5.32. The molecule has 5 rings (SSSR count). The number of carbonyl (C=O) groups excluding carboxylic acids is 2. The van der Waals surface area contributed by atoms with Crippen LogP contribution in [0.15, 0.2) is 49.1 Å². The average molecular weight is 494 g/mol. The molecule has 1 aliphatic carbocycles. The number of hydrogen-bond acceptors (Lipinski definition) is 6. The molecule has 2 fully saturated rings. The highest BCUT2D eigenvalue weighted by Crippen LogP contribution is 2.28. The molecule has 1 aromatic carbocycles. The summed E-state index contributed by atoms with van der Waals surface area (Å²) in [5.74, 6) is -0.0938. The molecule has 0 unspecified atom stereocenters. The standard InChI is InChI=1S/C26H28FN5O4/c1-31-15-29-13-22(31)17-11-20(25(28)34)26(30-12-17)36-23-8-9-32(14-21(23)27)24(33)10-16-2-4-18(5-3-16)35-19-6-7-19/h2-5,11-13,15,19,21,23H,6-10,14H2,1H3,(H2,28,34)/t21-,23+/m0/s1. The topological polar surface area (TPSA) is 113 Å². The summed E-state index contributed by atoms with van der Waals surface area (Å²) in [6.45, 7) is 0.247. The Morgan fingerprint density at radius 2 is 1.92 bits per heavy atom. The maximum absolute atomic E-state index is 15.1. The second kappa shape index (κ2) is 9.96. The number of alkyl halides is 1. The van der Waals surface area contributed by atoms with Crippen molar-refractivity contribution in [3.05, 3.63) is 60.2 Å². The normalized spacial score (nSPS) is 19.7. The Balaban J connectivity index is 1.20. The Morgan fingerprint density at radius 3 is 2.56 bits per heavy atom. The number of carbonyl (C=O) groups is 2. The van der Waals surface area contributed by atoms with Crippen LogP contribution in [0.1, 0.15) is 35.2 Å². The molecule has 1 aliphatic heterocycles. The summed E-state index contributed by atoms with van der Waals surface area (Å²) in [6.07, 6.45) is 5.46. The first-order chi connectivity index (χ1) is 17.4. The molecule has 2 aromatic heterocycles. The van der Waals surface area contributed by atoms with E-state index >= 15 is 4.39 Å². The third-order valence-corrected chi connectivity index (χ3v) is 6.43.